The standard InChI is InChI=1S/C26H35N5O2/c1-26(2)20-7-4-19(22(26)16-20)17-30-13-11-24-29-28-23(31(24)15-14-30)10-12-27-25(32)18-5-8-21(33-3)9-6-18/h4-6,8-9,20,22H,7,10-17H2,1-3H3,(H,27,32)/t20-,22-/m0/s1. The number of hydrogen-bond acceptors (Lipinski definition) is 5. The number of nitrogens with one attached hydrogen (secondary N) is 1. The highest BCUT2D eigenvalue weighted by atomic mass is 16.5. The molecule has 1 aliphatic heterocycles. The van der Waals surface area contributed by atoms with Gasteiger partial charge in [-0.3, -0.25) is 9.69 Å². The summed E-state index contributed by atoms with van der Waals surface area (Å²) >= 11 is 0. The molecule has 0 saturated heterocycles. The Balaban J connectivity index is 1.14. The van der Waals surface area contributed by atoms with Crippen molar-refractivity contribution in [2.45, 2.75) is 46.1 Å². The molecule has 0 radical (unpaired) electrons. The molecule has 2 aromatic rings. The maximum Gasteiger partial charge on any atom is 0.251 e. The molecule has 2 heterocycles. The molecule has 4 aliphatic rings. The molecule has 1 aromatic heterocycles. The molecule has 0 unspecified atom stereocenters. The van der Waals surface area contributed by atoms with Gasteiger partial charge in [0.1, 0.15) is 17.4 Å². The zero-order valence-corrected chi connectivity index (χ0v) is 20.0. The molecule has 7 nitrogen and oxygen atoms in total. The number of aromatic nitrogens is 3. The van der Waals surface area contributed by atoms with Crippen LogP contribution in [-0.4, -0.2) is 58.9 Å². The molecule has 33 heavy (non-hydrogen) atoms. The fourth-order valence-corrected chi connectivity index (χ4v) is 5.82. The number of allylic oxidation sites excluding steroid dienone is 1. The molecule has 2 bridgehead atoms. The minimum Gasteiger partial charge on any atom is -0.497 e. The van der Waals surface area contributed by atoms with Crippen LogP contribution in [0.2, 0.25) is 0 Å². The summed E-state index contributed by atoms with van der Waals surface area (Å²) < 4.78 is 7.41. The van der Waals surface area contributed by atoms with Crippen molar-refractivity contribution >= 4 is 5.91 Å². The summed E-state index contributed by atoms with van der Waals surface area (Å²) in [7, 11) is 1.62. The first-order valence-corrected chi connectivity index (χ1v) is 12.2. The SMILES string of the molecule is COc1ccc(C(=O)NCCc2nnc3n2CCN(CC2=CC[C@H]4C[C@@H]2C4(C)C)CC3)cc1. The maximum absolute atomic E-state index is 12.4. The van der Waals surface area contributed by atoms with Crippen molar-refractivity contribution in [3.63, 3.8) is 0 Å². The third kappa shape index (κ3) is 4.31. The summed E-state index contributed by atoms with van der Waals surface area (Å²) in [5, 5.41) is 11.9. The molecule has 3 aliphatic carbocycles. The summed E-state index contributed by atoms with van der Waals surface area (Å²) in [6.07, 6.45) is 6.76. The Bertz CT molecular complexity index is 1040. The van der Waals surface area contributed by atoms with Gasteiger partial charge in [0, 0.05) is 51.1 Å². The van der Waals surface area contributed by atoms with E-state index in [1.165, 1.54) is 12.8 Å². The van der Waals surface area contributed by atoms with Gasteiger partial charge in [0.2, 0.25) is 0 Å². The van der Waals surface area contributed by atoms with Gasteiger partial charge in [-0.2, -0.15) is 0 Å². The van der Waals surface area contributed by atoms with Crippen molar-refractivity contribution < 1.29 is 9.53 Å². The number of carbonyl (C=O) groups is 1. The second kappa shape index (κ2) is 8.93. The van der Waals surface area contributed by atoms with E-state index in [1.54, 1.807) is 36.9 Å². The number of hydrogen-bond donors (Lipinski definition) is 1. The molecule has 1 saturated carbocycles. The largest absolute Gasteiger partial charge is 0.497 e. The average Bonchev–Trinajstić information content (AvgIpc) is 3.10. The second-order valence-corrected chi connectivity index (χ2v) is 10.3. The first kappa shape index (κ1) is 22.1. The van der Waals surface area contributed by atoms with Crippen LogP contribution >= 0.6 is 0 Å². The van der Waals surface area contributed by atoms with E-state index in [1.807, 2.05) is 0 Å². The number of benzene rings is 1. The lowest BCUT2D eigenvalue weighted by molar-refractivity contribution is -0.0106. The van der Waals surface area contributed by atoms with E-state index >= 15 is 0 Å². The third-order valence-electron chi connectivity index (χ3n) is 8.17. The van der Waals surface area contributed by atoms with Crippen LogP contribution < -0.4 is 10.1 Å². The predicted molar refractivity (Wildman–Crippen MR) is 127 cm³/mol. The first-order valence-electron chi connectivity index (χ1n) is 12.2. The van der Waals surface area contributed by atoms with E-state index in [2.05, 4.69) is 44.9 Å². The molecule has 1 aromatic carbocycles. The lowest BCUT2D eigenvalue weighted by Gasteiger charge is -2.57. The van der Waals surface area contributed by atoms with Gasteiger partial charge in [0.05, 0.1) is 7.11 Å². The average molecular weight is 450 g/mol. The van der Waals surface area contributed by atoms with Crippen molar-refractivity contribution in [3.8, 4) is 5.75 Å². The van der Waals surface area contributed by atoms with E-state index < -0.39 is 0 Å². The molecule has 0 spiro atoms. The van der Waals surface area contributed by atoms with Crippen LogP contribution in [0.25, 0.3) is 0 Å². The third-order valence-corrected chi connectivity index (χ3v) is 8.17. The molecular formula is C26H35N5O2. The van der Waals surface area contributed by atoms with Crippen LogP contribution in [0.3, 0.4) is 0 Å². The van der Waals surface area contributed by atoms with Crippen molar-refractivity contribution in [3.05, 3.63) is 53.1 Å². The van der Waals surface area contributed by atoms with Crippen molar-refractivity contribution in [2.24, 2.45) is 17.3 Å². The Morgan fingerprint density at radius 3 is 2.73 bits per heavy atom. The number of fused-ring (bicyclic) bond motifs is 2. The number of amides is 1. The van der Waals surface area contributed by atoms with Gasteiger partial charge in [-0.15, -0.1) is 10.2 Å². The Morgan fingerprint density at radius 1 is 1.18 bits per heavy atom. The van der Waals surface area contributed by atoms with Crippen LogP contribution in [0.1, 0.15) is 48.7 Å². The Morgan fingerprint density at radius 2 is 2.00 bits per heavy atom. The number of methoxy groups -OCH3 is 1. The van der Waals surface area contributed by atoms with Gasteiger partial charge in [0.15, 0.2) is 0 Å². The molecular weight excluding hydrogens is 414 g/mol. The minimum absolute atomic E-state index is 0.0821. The molecule has 1 amide bonds. The number of nitrogens with zero attached hydrogens (tertiary/aromatic N) is 4. The van der Waals surface area contributed by atoms with Gasteiger partial charge in [0.25, 0.3) is 5.91 Å². The van der Waals surface area contributed by atoms with Gasteiger partial charge < -0.3 is 14.6 Å². The highest BCUT2D eigenvalue weighted by molar-refractivity contribution is 5.94. The summed E-state index contributed by atoms with van der Waals surface area (Å²) in [6.45, 7) is 9.48. The number of carbonyl (C=O) groups excluding carboxylic acids is 1. The van der Waals surface area contributed by atoms with Gasteiger partial charge in [-0.05, 0) is 54.4 Å². The summed E-state index contributed by atoms with van der Waals surface area (Å²) in [5.74, 6) is 4.34. The highest BCUT2D eigenvalue weighted by Crippen LogP contribution is 2.59. The van der Waals surface area contributed by atoms with Gasteiger partial charge >= 0.3 is 0 Å². The van der Waals surface area contributed by atoms with Gasteiger partial charge in [-0.1, -0.05) is 25.5 Å². The van der Waals surface area contributed by atoms with Gasteiger partial charge in [-0.25, -0.2) is 0 Å². The summed E-state index contributed by atoms with van der Waals surface area (Å²) in [5.41, 5.74) is 2.77. The quantitative estimate of drug-likeness (QED) is 0.658. The van der Waals surface area contributed by atoms with E-state index in [9.17, 15) is 4.79 Å². The topological polar surface area (TPSA) is 72.3 Å². The monoisotopic (exact) mass is 449 g/mol. The van der Waals surface area contributed by atoms with Crippen molar-refractivity contribution in [1.82, 2.24) is 25.0 Å². The zero-order chi connectivity index (χ0) is 23.0. The van der Waals surface area contributed by atoms with E-state index in [0.29, 0.717) is 23.9 Å². The molecule has 1 fully saturated rings. The van der Waals surface area contributed by atoms with Crippen LogP contribution in [0, 0.1) is 17.3 Å². The minimum atomic E-state index is -0.0821. The van der Waals surface area contributed by atoms with Crippen LogP contribution in [0.4, 0.5) is 0 Å². The molecule has 2 atom stereocenters. The van der Waals surface area contributed by atoms with E-state index in [0.717, 1.165) is 61.8 Å². The maximum atomic E-state index is 12.4. The van der Waals surface area contributed by atoms with Crippen LogP contribution in [0.15, 0.2) is 35.9 Å². The van der Waals surface area contributed by atoms with Crippen molar-refractivity contribution in [2.75, 3.05) is 33.3 Å². The summed E-state index contributed by atoms with van der Waals surface area (Å²) in [6, 6.07) is 7.15. The molecule has 1 N–H and O–H groups in total. The number of rotatable bonds is 7. The van der Waals surface area contributed by atoms with Crippen LogP contribution in [0.5, 0.6) is 5.75 Å². The van der Waals surface area contributed by atoms with Crippen LogP contribution in [-0.2, 0) is 19.4 Å². The fraction of sp³-hybridized carbons (Fsp3) is 0.577. The zero-order valence-electron chi connectivity index (χ0n) is 20.0. The highest BCUT2D eigenvalue weighted by Gasteiger charge is 2.51. The second-order valence-electron chi connectivity index (χ2n) is 10.3. The molecule has 176 valence electrons. The molecule has 6 rings (SSSR count). The Hall–Kier alpha value is -2.67. The smallest absolute Gasteiger partial charge is 0.251 e. The summed E-state index contributed by atoms with van der Waals surface area (Å²) in [4.78, 5) is 15.0. The number of ether oxygens (including phenoxy) is 1. The first-order chi connectivity index (χ1) is 16.0. The molecule has 7 heteroatoms. The normalized spacial score (nSPS) is 23.7. The lowest BCUT2D eigenvalue weighted by Crippen LogP contribution is -2.50. The van der Waals surface area contributed by atoms with E-state index in [-0.39, 0.29) is 5.91 Å². The fourth-order valence-electron chi connectivity index (χ4n) is 5.82. The predicted octanol–water partition coefficient (Wildman–Crippen LogP) is 3.11. The van der Waals surface area contributed by atoms with E-state index in [4.69, 9.17) is 4.74 Å². The lowest BCUT2D eigenvalue weighted by atomic mass is 9.49. The Labute approximate surface area is 196 Å². The van der Waals surface area contributed by atoms with Crippen molar-refractivity contribution in [1.29, 1.82) is 0 Å². The Kier molecular flexibility index (Phi) is 5.99.